The third-order valence-electron chi connectivity index (χ3n) is 1.43. The molecule has 0 N–H and O–H groups in total. The van der Waals surface area contributed by atoms with Crippen LogP contribution < -0.4 is 0 Å². The summed E-state index contributed by atoms with van der Waals surface area (Å²) in [4.78, 5) is 0. The van der Waals surface area contributed by atoms with Crippen LogP contribution in [0.25, 0.3) is 0 Å². The number of hydrogen-bond acceptors (Lipinski definition) is 1. The van der Waals surface area contributed by atoms with Crippen LogP contribution in [0.2, 0.25) is 0 Å². The third-order valence-corrected chi connectivity index (χ3v) is 1.43. The number of allylic oxidation sites excluding steroid dienone is 2. The zero-order valence-electron chi connectivity index (χ0n) is 7.34. The zero-order chi connectivity index (χ0) is 8.69. The normalized spacial score (nSPS) is 14.2. The standard InChI is InChI=1S/C10H16O/c1-5-8-10(6-2)9(4)11-7-3/h5-6,8-9H,1-2,7H2,3-4H3/b10-8+. The van der Waals surface area contributed by atoms with Gasteiger partial charge in [0.15, 0.2) is 0 Å². The molecule has 1 unspecified atom stereocenters. The van der Waals surface area contributed by atoms with Crippen molar-refractivity contribution >= 4 is 0 Å². The Morgan fingerprint density at radius 2 is 2.18 bits per heavy atom. The van der Waals surface area contributed by atoms with E-state index in [4.69, 9.17) is 4.74 Å². The lowest BCUT2D eigenvalue weighted by Gasteiger charge is -2.11. The second-order valence-corrected chi connectivity index (χ2v) is 2.20. The van der Waals surface area contributed by atoms with E-state index in [0.717, 1.165) is 12.2 Å². The topological polar surface area (TPSA) is 9.23 Å². The fraction of sp³-hybridized carbons (Fsp3) is 0.400. The molecule has 0 heterocycles. The highest BCUT2D eigenvalue weighted by Crippen LogP contribution is 2.06. The van der Waals surface area contributed by atoms with Gasteiger partial charge in [-0.15, -0.1) is 0 Å². The van der Waals surface area contributed by atoms with E-state index in [-0.39, 0.29) is 6.10 Å². The van der Waals surface area contributed by atoms with Gasteiger partial charge >= 0.3 is 0 Å². The molecule has 0 rings (SSSR count). The van der Waals surface area contributed by atoms with Crippen LogP contribution in [-0.2, 0) is 4.74 Å². The Labute approximate surface area is 69.1 Å². The van der Waals surface area contributed by atoms with E-state index < -0.39 is 0 Å². The summed E-state index contributed by atoms with van der Waals surface area (Å²) in [5.74, 6) is 0. The Morgan fingerprint density at radius 1 is 1.55 bits per heavy atom. The first-order valence-corrected chi connectivity index (χ1v) is 3.82. The van der Waals surface area contributed by atoms with Gasteiger partial charge in [-0.2, -0.15) is 0 Å². The van der Waals surface area contributed by atoms with E-state index in [1.165, 1.54) is 0 Å². The first kappa shape index (κ1) is 10.2. The molecule has 0 amide bonds. The molecule has 0 aromatic carbocycles. The molecule has 0 saturated heterocycles. The highest BCUT2D eigenvalue weighted by Gasteiger charge is 2.02. The Hall–Kier alpha value is -0.820. The summed E-state index contributed by atoms with van der Waals surface area (Å²) in [6.45, 7) is 12.0. The van der Waals surface area contributed by atoms with Crippen LogP contribution in [0.4, 0.5) is 0 Å². The monoisotopic (exact) mass is 152 g/mol. The predicted octanol–water partition coefficient (Wildman–Crippen LogP) is 2.71. The van der Waals surface area contributed by atoms with Crippen LogP contribution in [0.1, 0.15) is 13.8 Å². The Bertz CT molecular complexity index is 156. The zero-order valence-corrected chi connectivity index (χ0v) is 7.34. The second-order valence-electron chi connectivity index (χ2n) is 2.20. The van der Waals surface area contributed by atoms with Crippen molar-refractivity contribution in [3.63, 3.8) is 0 Å². The lowest BCUT2D eigenvalue weighted by Crippen LogP contribution is -2.09. The Morgan fingerprint density at radius 3 is 2.55 bits per heavy atom. The van der Waals surface area contributed by atoms with Crippen LogP contribution in [0.15, 0.2) is 37.0 Å². The number of ether oxygens (including phenoxy) is 1. The first-order chi connectivity index (χ1) is 5.26. The molecular weight excluding hydrogens is 136 g/mol. The van der Waals surface area contributed by atoms with Crippen molar-refractivity contribution < 1.29 is 4.74 Å². The summed E-state index contributed by atoms with van der Waals surface area (Å²) in [6.07, 6.45) is 5.57. The van der Waals surface area contributed by atoms with E-state index in [1.807, 2.05) is 19.9 Å². The van der Waals surface area contributed by atoms with E-state index in [9.17, 15) is 0 Å². The van der Waals surface area contributed by atoms with Crippen LogP contribution in [0, 0.1) is 0 Å². The second kappa shape index (κ2) is 5.93. The third kappa shape index (κ3) is 3.79. The van der Waals surface area contributed by atoms with Crippen molar-refractivity contribution in [1.82, 2.24) is 0 Å². The Balaban J connectivity index is 4.12. The average molecular weight is 152 g/mol. The molecule has 0 radical (unpaired) electrons. The SMILES string of the molecule is C=C/C=C(\C=C)C(C)OCC. The summed E-state index contributed by atoms with van der Waals surface area (Å²) in [7, 11) is 0. The van der Waals surface area contributed by atoms with E-state index in [1.54, 1.807) is 12.2 Å². The van der Waals surface area contributed by atoms with Gasteiger partial charge in [-0.3, -0.25) is 0 Å². The summed E-state index contributed by atoms with van der Waals surface area (Å²) in [6, 6.07) is 0. The maximum absolute atomic E-state index is 5.36. The highest BCUT2D eigenvalue weighted by molar-refractivity contribution is 5.24. The summed E-state index contributed by atoms with van der Waals surface area (Å²) in [5, 5.41) is 0. The molecule has 0 aliphatic rings. The number of hydrogen-bond donors (Lipinski definition) is 0. The van der Waals surface area contributed by atoms with Gasteiger partial charge in [-0.25, -0.2) is 0 Å². The van der Waals surface area contributed by atoms with E-state index in [0.29, 0.717) is 0 Å². The van der Waals surface area contributed by atoms with Crippen LogP contribution in [-0.4, -0.2) is 12.7 Å². The lowest BCUT2D eigenvalue weighted by atomic mass is 10.1. The molecule has 1 nitrogen and oxygen atoms in total. The first-order valence-electron chi connectivity index (χ1n) is 3.82. The molecule has 0 aromatic rings. The summed E-state index contributed by atoms with van der Waals surface area (Å²) in [5.41, 5.74) is 1.07. The van der Waals surface area contributed by atoms with Crippen molar-refractivity contribution in [3.05, 3.63) is 37.0 Å². The van der Waals surface area contributed by atoms with Gasteiger partial charge in [0.1, 0.15) is 0 Å². The minimum atomic E-state index is 0.121. The number of rotatable bonds is 5. The molecule has 62 valence electrons. The minimum Gasteiger partial charge on any atom is -0.374 e. The molecule has 0 fully saturated rings. The average Bonchev–Trinajstić information content (AvgIpc) is 2.00. The summed E-state index contributed by atoms with van der Waals surface area (Å²) < 4.78 is 5.36. The van der Waals surface area contributed by atoms with Gasteiger partial charge < -0.3 is 4.74 Å². The van der Waals surface area contributed by atoms with Crippen molar-refractivity contribution in [2.75, 3.05) is 6.61 Å². The van der Waals surface area contributed by atoms with Crippen molar-refractivity contribution in [2.24, 2.45) is 0 Å². The van der Waals surface area contributed by atoms with Gasteiger partial charge in [0.05, 0.1) is 6.10 Å². The van der Waals surface area contributed by atoms with Gasteiger partial charge in [0.2, 0.25) is 0 Å². The van der Waals surface area contributed by atoms with Crippen LogP contribution in [0.5, 0.6) is 0 Å². The maximum atomic E-state index is 5.36. The van der Waals surface area contributed by atoms with Gasteiger partial charge in [0.25, 0.3) is 0 Å². The van der Waals surface area contributed by atoms with Gasteiger partial charge in [0, 0.05) is 6.61 Å². The molecule has 0 bridgehead atoms. The molecule has 0 aromatic heterocycles. The molecule has 0 aliphatic heterocycles. The minimum absolute atomic E-state index is 0.121. The molecule has 0 aliphatic carbocycles. The molecule has 1 atom stereocenters. The quantitative estimate of drug-likeness (QED) is 0.550. The predicted molar refractivity (Wildman–Crippen MR) is 49.6 cm³/mol. The van der Waals surface area contributed by atoms with Crippen LogP contribution in [0.3, 0.4) is 0 Å². The molecular formula is C10H16O. The van der Waals surface area contributed by atoms with Crippen LogP contribution >= 0.6 is 0 Å². The highest BCUT2D eigenvalue weighted by atomic mass is 16.5. The fourth-order valence-corrected chi connectivity index (χ4v) is 0.852. The van der Waals surface area contributed by atoms with Gasteiger partial charge in [-0.1, -0.05) is 31.4 Å². The molecule has 1 heteroatoms. The fourth-order valence-electron chi connectivity index (χ4n) is 0.852. The van der Waals surface area contributed by atoms with E-state index in [2.05, 4.69) is 13.2 Å². The van der Waals surface area contributed by atoms with Gasteiger partial charge in [-0.05, 0) is 19.4 Å². The largest absolute Gasteiger partial charge is 0.374 e. The summed E-state index contributed by atoms with van der Waals surface area (Å²) >= 11 is 0. The van der Waals surface area contributed by atoms with E-state index >= 15 is 0 Å². The van der Waals surface area contributed by atoms with Crippen molar-refractivity contribution in [1.29, 1.82) is 0 Å². The Kier molecular flexibility index (Phi) is 5.49. The van der Waals surface area contributed by atoms with Crippen molar-refractivity contribution in [2.45, 2.75) is 20.0 Å². The maximum Gasteiger partial charge on any atom is 0.0796 e. The van der Waals surface area contributed by atoms with Crippen molar-refractivity contribution in [3.8, 4) is 0 Å². The smallest absolute Gasteiger partial charge is 0.0796 e. The molecule has 0 saturated carbocycles. The molecule has 11 heavy (non-hydrogen) atoms. The lowest BCUT2D eigenvalue weighted by molar-refractivity contribution is 0.104. The molecule has 0 spiro atoms.